The number of Topliss-reactive ketones (excluding diaryl/α,β-unsaturated/α-hetero) is 2. The number of rotatable bonds is 0. The van der Waals surface area contributed by atoms with E-state index in [0.29, 0.717) is 12.8 Å². The molecular weight excluding hydrogens is 304 g/mol. The van der Waals surface area contributed by atoms with Crippen molar-refractivity contribution in [2.45, 2.75) is 51.4 Å². The van der Waals surface area contributed by atoms with Gasteiger partial charge in [-0.3, -0.25) is 9.59 Å². The van der Waals surface area contributed by atoms with Gasteiger partial charge in [-0.15, -0.1) is 0 Å². The zero-order valence-electron chi connectivity index (χ0n) is 10.9. The Hall–Kier alpha value is -0.960. The van der Waals surface area contributed by atoms with E-state index in [2.05, 4.69) is 22.0 Å². The predicted molar refractivity (Wildman–Crippen MR) is 77.9 cm³/mol. The summed E-state index contributed by atoms with van der Waals surface area (Å²) in [5.74, 6) is 0.387. The number of carbonyl (C=O) groups is 2. The Labute approximate surface area is 121 Å². The summed E-state index contributed by atoms with van der Waals surface area (Å²) in [4.78, 5) is 24.5. The van der Waals surface area contributed by atoms with Crippen molar-refractivity contribution in [3.63, 3.8) is 0 Å². The molecule has 0 saturated carbocycles. The van der Waals surface area contributed by atoms with Crippen molar-refractivity contribution >= 4 is 27.5 Å². The normalized spacial score (nSPS) is 19.4. The molecule has 0 fully saturated rings. The van der Waals surface area contributed by atoms with Crippen LogP contribution in [0.3, 0.4) is 0 Å². The van der Waals surface area contributed by atoms with E-state index in [1.165, 1.54) is 0 Å². The van der Waals surface area contributed by atoms with E-state index in [1.54, 1.807) is 0 Å². The van der Waals surface area contributed by atoms with Crippen LogP contribution in [-0.4, -0.2) is 11.6 Å². The second-order valence-electron chi connectivity index (χ2n) is 5.52. The SMILES string of the molecule is O=C1CCCCc2cc3c(c(Br)c21)C(=O)CCCC3. The van der Waals surface area contributed by atoms with Gasteiger partial charge in [-0.2, -0.15) is 0 Å². The molecule has 0 saturated heterocycles. The molecule has 0 aromatic heterocycles. The zero-order chi connectivity index (χ0) is 13.4. The van der Waals surface area contributed by atoms with E-state index >= 15 is 0 Å². The van der Waals surface area contributed by atoms with Crippen LogP contribution in [0, 0.1) is 0 Å². The van der Waals surface area contributed by atoms with Gasteiger partial charge in [0, 0.05) is 28.4 Å². The van der Waals surface area contributed by atoms with Gasteiger partial charge in [0.2, 0.25) is 0 Å². The lowest BCUT2D eigenvalue weighted by Crippen LogP contribution is -2.10. The molecule has 0 aliphatic heterocycles. The average molecular weight is 321 g/mol. The average Bonchev–Trinajstić information content (AvgIpc) is 2.67. The summed E-state index contributed by atoms with van der Waals surface area (Å²) >= 11 is 3.56. The van der Waals surface area contributed by atoms with Crippen LogP contribution in [0.1, 0.15) is 70.4 Å². The van der Waals surface area contributed by atoms with Crippen LogP contribution in [0.4, 0.5) is 0 Å². The molecule has 3 heteroatoms. The first kappa shape index (κ1) is 13.0. The number of hydrogen-bond acceptors (Lipinski definition) is 2. The number of benzene rings is 1. The molecule has 2 aliphatic rings. The van der Waals surface area contributed by atoms with Crippen molar-refractivity contribution in [2.75, 3.05) is 0 Å². The van der Waals surface area contributed by atoms with Crippen molar-refractivity contribution in [3.8, 4) is 0 Å². The summed E-state index contributed by atoms with van der Waals surface area (Å²) in [5.41, 5.74) is 3.85. The molecule has 1 aromatic carbocycles. The molecule has 0 atom stereocenters. The first-order valence-corrected chi connectivity index (χ1v) is 7.88. The summed E-state index contributed by atoms with van der Waals surface area (Å²) in [7, 11) is 0. The Balaban J connectivity index is 2.23. The van der Waals surface area contributed by atoms with Gasteiger partial charge in [0.25, 0.3) is 0 Å². The number of ketones is 2. The summed E-state index contributed by atoms with van der Waals surface area (Å²) in [5, 5.41) is 0. The van der Waals surface area contributed by atoms with Gasteiger partial charge >= 0.3 is 0 Å². The third-order valence-corrected chi connectivity index (χ3v) is 4.98. The lowest BCUT2D eigenvalue weighted by atomic mass is 9.92. The zero-order valence-corrected chi connectivity index (χ0v) is 12.5. The molecule has 2 aliphatic carbocycles. The fourth-order valence-electron chi connectivity index (χ4n) is 3.21. The van der Waals surface area contributed by atoms with E-state index in [1.807, 2.05) is 0 Å². The van der Waals surface area contributed by atoms with E-state index in [9.17, 15) is 9.59 Å². The van der Waals surface area contributed by atoms with E-state index in [4.69, 9.17) is 0 Å². The highest BCUT2D eigenvalue weighted by atomic mass is 79.9. The molecule has 0 unspecified atom stereocenters. The smallest absolute Gasteiger partial charge is 0.164 e. The Morgan fingerprint density at radius 3 is 1.63 bits per heavy atom. The van der Waals surface area contributed by atoms with Gasteiger partial charge in [0.15, 0.2) is 11.6 Å². The van der Waals surface area contributed by atoms with Crippen molar-refractivity contribution in [3.05, 3.63) is 32.8 Å². The highest BCUT2D eigenvalue weighted by Gasteiger charge is 2.26. The van der Waals surface area contributed by atoms with Gasteiger partial charge in [-0.05, 0) is 65.6 Å². The van der Waals surface area contributed by atoms with Crippen molar-refractivity contribution in [1.82, 2.24) is 0 Å². The van der Waals surface area contributed by atoms with Gasteiger partial charge < -0.3 is 0 Å². The minimum absolute atomic E-state index is 0.194. The van der Waals surface area contributed by atoms with Gasteiger partial charge in [0.1, 0.15) is 0 Å². The molecule has 3 rings (SSSR count). The second kappa shape index (κ2) is 5.20. The molecule has 0 spiro atoms. The fraction of sp³-hybridized carbons (Fsp3) is 0.500. The molecule has 2 nitrogen and oxygen atoms in total. The Morgan fingerprint density at radius 1 is 0.737 bits per heavy atom. The molecule has 19 heavy (non-hydrogen) atoms. The van der Waals surface area contributed by atoms with Crippen LogP contribution < -0.4 is 0 Å². The largest absolute Gasteiger partial charge is 0.294 e. The van der Waals surface area contributed by atoms with Crippen LogP contribution in [0.25, 0.3) is 0 Å². The fourth-order valence-corrected chi connectivity index (χ4v) is 4.16. The highest BCUT2D eigenvalue weighted by Crippen LogP contribution is 2.35. The maximum Gasteiger partial charge on any atom is 0.164 e. The summed E-state index contributed by atoms with van der Waals surface area (Å²) in [6, 6.07) is 2.13. The number of aryl methyl sites for hydroxylation is 2. The standard InChI is InChI=1S/C16H17BrO2/c17-16-14-10(5-1-3-7-12(14)18)9-11-6-2-4-8-13(19)15(11)16/h9H,1-8H2. The molecular formula is C16H17BrO2. The Morgan fingerprint density at radius 2 is 1.16 bits per heavy atom. The predicted octanol–water partition coefficient (Wildman–Crippen LogP) is 4.27. The van der Waals surface area contributed by atoms with E-state index in [-0.39, 0.29) is 11.6 Å². The van der Waals surface area contributed by atoms with Crippen LogP contribution in [0.2, 0.25) is 0 Å². The lowest BCUT2D eigenvalue weighted by molar-refractivity contribution is 0.0981. The number of fused-ring (bicyclic) bond motifs is 2. The van der Waals surface area contributed by atoms with Crippen LogP contribution in [0.5, 0.6) is 0 Å². The van der Waals surface area contributed by atoms with Gasteiger partial charge in [-0.25, -0.2) is 0 Å². The van der Waals surface area contributed by atoms with E-state index in [0.717, 1.165) is 65.3 Å². The minimum Gasteiger partial charge on any atom is -0.294 e. The summed E-state index contributed by atoms with van der Waals surface area (Å²) in [6.45, 7) is 0. The monoisotopic (exact) mass is 320 g/mol. The molecule has 0 bridgehead atoms. The van der Waals surface area contributed by atoms with Crippen LogP contribution in [-0.2, 0) is 12.8 Å². The van der Waals surface area contributed by atoms with Crippen molar-refractivity contribution in [1.29, 1.82) is 0 Å². The van der Waals surface area contributed by atoms with Crippen LogP contribution in [0.15, 0.2) is 10.5 Å². The molecule has 0 amide bonds. The first-order chi connectivity index (χ1) is 9.18. The number of hydrogen-bond donors (Lipinski definition) is 0. The lowest BCUT2D eigenvalue weighted by Gasteiger charge is -2.15. The minimum atomic E-state index is 0.194. The second-order valence-corrected chi connectivity index (χ2v) is 6.31. The molecule has 1 aromatic rings. The third kappa shape index (κ3) is 2.29. The maximum absolute atomic E-state index is 12.3. The highest BCUT2D eigenvalue weighted by molar-refractivity contribution is 9.10. The molecule has 0 heterocycles. The number of halogens is 1. The van der Waals surface area contributed by atoms with Crippen molar-refractivity contribution < 1.29 is 9.59 Å². The quantitative estimate of drug-likeness (QED) is 0.669. The maximum atomic E-state index is 12.3. The molecule has 0 radical (unpaired) electrons. The van der Waals surface area contributed by atoms with E-state index < -0.39 is 0 Å². The van der Waals surface area contributed by atoms with Crippen molar-refractivity contribution in [2.24, 2.45) is 0 Å². The van der Waals surface area contributed by atoms with Gasteiger partial charge in [0.05, 0.1) is 0 Å². The summed E-state index contributed by atoms with van der Waals surface area (Å²) in [6.07, 6.45) is 7.19. The molecule has 0 N–H and O–H groups in total. The topological polar surface area (TPSA) is 34.1 Å². The van der Waals surface area contributed by atoms with Gasteiger partial charge in [-0.1, -0.05) is 6.07 Å². The Kier molecular flexibility index (Phi) is 3.57. The number of carbonyl (C=O) groups excluding carboxylic acids is 2. The first-order valence-electron chi connectivity index (χ1n) is 7.09. The summed E-state index contributed by atoms with van der Waals surface area (Å²) < 4.78 is 0.777. The van der Waals surface area contributed by atoms with Crippen LogP contribution >= 0.6 is 15.9 Å². The Bertz CT molecular complexity index is 514. The molecule has 100 valence electrons. The third-order valence-electron chi connectivity index (χ3n) is 4.19.